The zero-order valence-corrected chi connectivity index (χ0v) is 40.2. The van der Waals surface area contributed by atoms with E-state index in [1.807, 2.05) is 80.8 Å². The Morgan fingerprint density at radius 3 is 2.05 bits per heavy atom. The molecule has 0 saturated heterocycles. The van der Waals surface area contributed by atoms with Crippen LogP contribution in [0.1, 0.15) is 82.9 Å². The van der Waals surface area contributed by atoms with Gasteiger partial charge in [-0.15, -0.1) is 54.1 Å². The van der Waals surface area contributed by atoms with E-state index in [2.05, 4.69) is 137 Å². The second-order valence-corrected chi connectivity index (χ2v) is 22.6. The Morgan fingerprint density at radius 1 is 0.705 bits per heavy atom. The van der Waals surface area contributed by atoms with Crippen molar-refractivity contribution in [2.45, 2.75) is 85.8 Å². The Kier molecular flexibility index (Phi) is 12.4. The SMILES string of the molecule is Cc1ccnc2c1nc(-c1[c-]ccc3c1oc1ccccc13)n2-c1c(C(C)C)cc(-c2ccccc2)cc1C(C)C.[2H]C(C)(C)c1cc(-c2[c-]cccc2)ncc1[Si](C)(C)C.[Ir]. The van der Waals surface area contributed by atoms with Gasteiger partial charge in [-0.3, -0.25) is 4.98 Å². The molecule has 61 heavy (non-hydrogen) atoms. The van der Waals surface area contributed by atoms with Gasteiger partial charge in [-0.05, 0) is 87.6 Å². The molecule has 0 fully saturated rings. The summed E-state index contributed by atoms with van der Waals surface area (Å²) in [5, 5.41) is 3.43. The van der Waals surface area contributed by atoms with Gasteiger partial charge < -0.3 is 14.0 Å². The molecule has 0 aliphatic rings. The van der Waals surface area contributed by atoms with E-state index in [0.29, 0.717) is 0 Å². The smallest absolute Gasteiger partial charge is 0.155 e. The number of hydrogen-bond donors (Lipinski definition) is 0. The maximum Gasteiger partial charge on any atom is 0.155 e. The molecule has 0 amide bonds. The molecule has 7 heteroatoms. The summed E-state index contributed by atoms with van der Waals surface area (Å²) >= 11 is 0. The average Bonchev–Trinajstić information content (AvgIpc) is 3.83. The molecule has 0 saturated carbocycles. The van der Waals surface area contributed by atoms with Crippen molar-refractivity contribution in [2.75, 3.05) is 0 Å². The second-order valence-electron chi connectivity index (χ2n) is 17.6. The molecule has 4 heterocycles. The van der Waals surface area contributed by atoms with Gasteiger partial charge in [0.2, 0.25) is 0 Å². The van der Waals surface area contributed by atoms with Crippen LogP contribution in [-0.2, 0) is 20.1 Å². The molecule has 9 aromatic rings. The summed E-state index contributed by atoms with van der Waals surface area (Å²) in [7, 11) is -1.50. The number of aryl methyl sites for hydroxylation is 1. The van der Waals surface area contributed by atoms with Crippen LogP contribution >= 0.6 is 0 Å². The fourth-order valence-corrected chi connectivity index (χ4v) is 9.69. The minimum atomic E-state index is -1.50. The summed E-state index contributed by atoms with van der Waals surface area (Å²) in [6.45, 7) is 22.0. The molecule has 0 atom stereocenters. The van der Waals surface area contributed by atoms with Crippen LogP contribution in [0.5, 0.6) is 0 Å². The Balaban J connectivity index is 0.000000233. The molecule has 311 valence electrons. The monoisotopic (exact) mass is 996 g/mol. The maximum absolute atomic E-state index is 8.44. The predicted molar refractivity (Wildman–Crippen MR) is 254 cm³/mol. The van der Waals surface area contributed by atoms with Crippen molar-refractivity contribution in [3.8, 4) is 39.5 Å². The third kappa shape index (κ3) is 8.57. The first-order valence-electron chi connectivity index (χ1n) is 21.5. The van der Waals surface area contributed by atoms with E-state index >= 15 is 0 Å². The van der Waals surface area contributed by atoms with E-state index in [4.69, 9.17) is 15.8 Å². The summed E-state index contributed by atoms with van der Waals surface area (Å²) in [6.07, 6.45) is 3.86. The molecule has 5 nitrogen and oxygen atoms in total. The van der Waals surface area contributed by atoms with Crippen molar-refractivity contribution < 1.29 is 25.9 Å². The van der Waals surface area contributed by atoms with Gasteiger partial charge in [0.1, 0.15) is 5.58 Å². The van der Waals surface area contributed by atoms with Gasteiger partial charge >= 0.3 is 0 Å². The van der Waals surface area contributed by atoms with Crippen molar-refractivity contribution in [3.63, 3.8) is 0 Å². The average molecular weight is 996 g/mol. The Bertz CT molecular complexity index is 2980. The molecular weight excluding hydrogens is 941 g/mol. The van der Waals surface area contributed by atoms with Crippen LogP contribution < -0.4 is 5.19 Å². The van der Waals surface area contributed by atoms with Crippen LogP contribution in [0.15, 0.2) is 132 Å². The molecule has 5 aromatic carbocycles. The van der Waals surface area contributed by atoms with Crippen molar-refractivity contribution >= 4 is 46.4 Å². The van der Waals surface area contributed by atoms with Gasteiger partial charge in [0.15, 0.2) is 5.65 Å². The van der Waals surface area contributed by atoms with Crippen LogP contribution in [-0.4, -0.2) is 27.6 Å². The fourth-order valence-electron chi connectivity index (χ4n) is 8.11. The molecule has 0 aliphatic heterocycles. The van der Waals surface area contributed by atoms with E-state index in [1.165, 1.54) is 27.4 Å². The van der Waals surface area contributed by atoms with E-state index in [1.54, 1.807) is 0 Å². The molecule has 0 aliphatic carbocycles. The number of fused-ring (bicyclic) bond motifs is 4. The van der Waals surface area contributed by atoms with Gasteiger partial charge in [0, 0.05) is 44.9 Å². The molecule has 9 rings (SSSR count). The quantitative estimate of drug-likeness (QED) is 0.112. The number of rotatable bonds is 8. The first-order valence-corrected chi connectivity index (χ1v) is 24.5. The first kappa shape index (κ1) is 42.2. The number of aromatic nitrogens is 4. The molecule has 0 spiro atoms. The van der Waals surface area contributed by atoms with Crippen molar-refractivity contribution in [1.29, 1.82) is 0 Å². The van der Waals surface area contributed by atoms with Crippen LogP contribution in [0.3, 0.4) is 0 Å². The molecular formula is C54H54IrN4OSi-2. The fraction of sp³-hybridized carbons (Fsp3) is 0.241. The van der Waals surface area contributed by atoms with E-state index in [9.17, 15) is 0 Å². The van der Waals surface area contributed by atoms with Crippen LogP contribution in [0.4, 0.5) is 0 Å². The van der Waals surface area contributed by atoms with Crippen molar-refractivity contribution in [1.82, 2.24) is 19.5 Å². The first-order chi connectivity index (χ1) is 29.1. The number of para-hydroxylation sites is 1. The topological polar surface area (TPSA) is 56.7 Å². The summed E-state index contributed by atoms with van der Waals surface area (Å²) in [4.78, 5) is 14.8. The Morgan fingerprint density at radius 2 is 1.39 bits per heavy atom. The molecule has 0 bridgehead atoms. The zero-order valence-electron chi connectivity index (χ0n) is 37.8. The third-order valence-electron chi connectivity index (χ3n) is 11.3. The third-order valence-corrected chi connectivity index (χ3v) is 13.3. The molecule has 0 N–H and O–H groups in total. The number of hydrogen-bond acceptors (Lipinski definition) is 4. The van der Waals surface area contributed by atoms with E-state index < -0.39 is 14.0 Å². The van der Waals surface area contributed by atoms with Gasteiger partial charge in [-0.2, -0.15) is 0 Å². The van der Waals surface area contributed by atoms with Crippen molar-refractivity contribution in [2.24, 2.45) is 0 Å². The van der Waals surface area contributed by atoms with Crippen LogP contribution in [0.25, 0.3) is 72.6 Å². The second kappa shape index (κ2) is 17.9. The summed E-state index contributed by atoms with van der Waals surface area (Å²) in [6, 6.07) is 46.2. The van der Waals surface area contributed by atoms with Gasteiger partial charge in [0.05, 0.1) is 25.0 Å². The summed E-state index contributed by atoms with van der Waals surface area (Å²) < 4.78 is 17.2. The largest absolute Gasteiger partial charge is 0.501 e. The number of benzene rings is 5. The predicted octanol–water partition coefficient (Wildman–Crippen LogP) is 14.2. The number of nitrogens with zero attached hydrogens (tertiary/aromatic N) is 4. The minimum absolute atomic E-state index is 0. The minimum Gasteiger partial charge on any atom is -0.501 e. The van der Waals surface area contributed by atoms with Gasteiger partial charge in [-0.25, -0.2) is 4.98 Å². The maximum atomic E-state index is 8.44. The molecule has 0 unspecified atom stereocenters. The standard InChI is InChI=1S/C37H32N3O.C17H22NSi.Ir/c1-22(2)30-20-26(25-12-7-6-8-13-25)21-31(23(3)4)34(30)40-36(39-33-24(5)18-19-38-37(33)40)29-16-11-15-28-27-14-9-10-17-32(27)41-35(28)29;1-13(2)15-11-16(14-9-7-6-8-10-14)18-12-17(15)19(3,4)5;/h6-15,17-23H,1-5H3;6-9,11-13H,1-5H3;/q2*-1;/i;13D;. The van der Waals surface area contributed by atoms with Crippen molar-refractivity contribution in [3.05, 3.63) is 162 Å². The van der Waals surface area contributed by atoms with E-state index in [0.717, 1.165) is 72.6 Å². The number of furan rings is 1. The molecule has 1 radical (unpaired) electrons. The van der Waals surface area contributed by atoms with E-state index in [-0.39, 0.29) is 31.9 Å². The summed E-state index contributed by atoms with van der Waals surface area (Å²) in [5.41, 5.74) is 14.4. The zero-order chi connectivity index (χ0) is 43.2. The number of pyridine rings is 2. The van der Waals surface area contributed by atoms with Gasteiger partial charge in [0.25, 0.3) is 0 Å². The molecule has 4 aromatic heterocycles. The normalized spacial score (nSPS) is 12.2. The van der Waals surface area contributed by atoms with Crippen LogP contribution in [0.2, 0.25) is 19.6 Å². The summed E-state index contributed by atoms with van der Waals surface area (Å²) in [5.74, 6) is 0.726. The van der Waals surface area contributed by atoms with Gasteiger partial charge in [-0.1, -0.05) is 132 Å². The Hall–Kier alpha value is -5.46. The van der Waals surface area contributed by atoms with Crippen LogP contribution in [0, 0.1) is 19.1 Å². The Labute approximate surface area is 377 Å². The number of imidazole rings is 1.